The number of carboxylic acid groups (broad SMARTS) is 1. The van der Waals surface area contributed by atoms with Gasteiger partial charge in [-0.05, 0) is 26.7 Å². The highest BCUT2D eigenvalue weighted by molar-refractivity contribution is 5.82. The Kier molecular flexibility index (Phi) is 5.85. The van der Waals surface area contributed by atoms with Crippen LogP contribution in [0.1, 0.15) is 47.0 Å². The van der Waals surface area contributed by atoms with Crippen LogP contribution in [-0.2, 0) is 4.79 Å². The van der Waals surface area contributed by atoms with Gasteiger partial charge < -0.3 is 15.7 Å². The summed E-state index contributed by atoms with van der Waals surface area (Å²) < 4.78 is 0. The summed E-state index contributed by atoms with van der Waals surface area (Å²) in [5, 5.41) is 14.1. The first kappa shape index (κ1) is 14.7. The van der Waals surface area contributed by atoms with Crippen LogP contribution >= 0.6 is 0 Å². The molecule has 1 atom stereocenters. The van der Waals surface area contributed by atoms with E-state index in [-0.39, 0.29) is 5.54 Å². The molecule has 0 radical (unpaired) electrons. The van der Waals surface area contributed by atoms with Crippen molar-refractivity contribution in [1.82, 2.24) is 10.6 Å². The average molecular weight is 230 g/mol. The largest absolute Gasteiger partial charge is 0.480 e. The van der Waals surface area contributed by atoms with Crippen molar-refractivity contribution < 1.29 is 14.7 Å². The topological polar surface area (TPSA) is 78.4 Å². The normalized spacial score (nSPS) is 13.0. The molecule has 0 heterocycles. The van der Waals surface area contributed by atoms with Crippen molar-refractivity contribution in [2.24, 2.45) is 0 Å². The third-order valence-corrected chi connectivity index (χ3v) is 2.52. The molecule has 94 valence electrons. The minimum atomic E-state index is -0.994. The molecular formula is C11H22N2O3. The van der Waals surface area contributed by atoms with Crippen LogP contribution in [0.5, 0.6) is 0 Å². The lowest BCUT2D eigenvalue weighted by Crippen LogP contribution is -2.52. The number of nitrogens with one attached hydrogen (secondary N) is 2. The predicted molar refractivity (Wildman–Crippen MR) is 62.4 cm³/mol. The highest BCUT2D eigenvalue weighted by Crippen LogP contribution is 2.06. The van der Waals surface area contributed by atoms with Gasteiger partial charge in [0.2, 0.25) is 0 Å². The molecule has 0 spiro atoms. The lowest BCUT2D eigenvalue weighted by Gasteiger charge is -2.25. The number of carbonyl (C=O) groups is 2. The van der Waals surface area contributed by atoms with Gasteiger partial charge in [0.1, 0.15) is 6.04 Å². The number of urea groups is 1. The fourth-order valence-electron chi connectivity index (χ4n) is 1.14. The highest BCUT2D eigenvalue weighted by atomic mass is 16.4. The van der Waals surface area contributed by atoms with Crippen molar-refractivity contribution in [3.63, 3.8) is 0 Å². The Morgan fingerprint density at radius 2 is 1.88 bits per heavy atom. The van der Waals surface area contributed by atoms with Crippen molar-refractivity contribution >= 4 is 12.0 Å². The molecule has 16 heavy (non-hydrogen) atoms. The molecule has 0 aromatic rings. The third-order valence-electron chi connectivity index (χ3n) is 2.52. The predicted octanol–water partition coefficient (Wildman–Crippen LogP) is 1.73. The van der Waals surface area contributed by atoms with Crippen LogP contribution in [0, 0.1) is 0 Å². The monoisotopic (exact) mass is 230 g/mol. The molecule has 0 aromatic carbocycles. The van der Waals surface area contributed by atoms with Crippen LogP contribution in [0.4, 0.5) is 4.79 Å². The first-order valence-corrected chi connectivity index (χ1v) is 5.64. The minimum Gasteiger partial charge on any atom is -0.480 e. The molecule has 0 saturated heterocycles. The fourth-order valence-corrected chi connectivity index (χ4v) is 1.14. The molecule has 0 saturated carbocycles. The van der Waals surface area contributed by atoms with E-state index in [1.165, 1.54) is 0 Å². The maximum absolute atomic E-state index is 11.5. The molecule has 0 aromatic heterocycles. The molecular weight excluding hydrogens is 208 g/mol. The van der Waals surface area contributed by atoms with Gasteiger partial charge in [0.05, 0.1) is 0 Å². The van der Waals surface area contributed by atoms with Crippen LogP contribution < -0.4 is 10.6 Å². The second-order valence-corrected chi connectivity index (χ2v) is 4.52. The zero-order valence-corrected chi connectivity index (χ0v) is 10.5. The number of hydrogen-bond acceptors (Lipinski definition) is 2. The molecule has 0 aliphatic heterocycles. The van der Waals surface area contributed by atoms with E-state index in [0.29, 0.717) is 12.8 Å². The second-order valence-electron chi connectivity index (χ2n) is 4.52. The Morgan fingerprint density at radius 1 is 1.31 bits per heavy atom. The molecule has 3 N–H and O–H groups in total. The van der Waals surface area contributed by atoms with Crippen molar-refractivity contribution in [2.45, 2.75) is 58.5 Å². The lowest BCUT2D eigenvalue weighted by atomic mass is 10.0. The van der Waals surface area contributed by atoms with E-state index in [1.54, 1.807) is 0 Å². The van der Waals surface area contributed by atoms with E-state index < -0.39 is 18.0 Å². The summed E-state index contributed by atoms with van der Waals surface area (Å²) in [6.45, 7) is 7.62. The van der Waals surface area contributed by atoms with Crippen LogP contribution in [0.25, 0.3) is 0 Å². The number of aliphatic carboxylic acids is 1. The smallest absolute Gasteiger partial charge is 0.326 e. The summed E-state index contributed by atoms with van der Waals surface area (Å²) in [4.78, 5) is 22.3. The van der Waals surface area contributed by atoms with Gasteiger partial charge in [0, 0.05) is 5.54 Å². The summed E-state index contributed by atoms with van der Waals surface area (Å²) in [7, 11) is 0. The van der Waals surface area contributed by atoms with Gasteiger partial charge in [0.25, 0.3) is 0 Å². The van der Waals surface area contributed by atoms with Gasteiger partial charge in [-0.2, -0.15) is 0 Å². The van der Waals surface area contributed by atoms with E-state index in [2.05, 4.69) is 10.6 Å². The van der Waals surface area contributed by atoms with Gasteiger partial charge in [0.15, 0.2) is 0 Å². The van der Waals surface area contributed by atoms with Crippen molar-refractivity contribution in [1.29, 1.82) is 0 Å². The van der Waals surface area contributed by atoms with Crippen molar-refractivity contribution in [3.05, 3.63) is 0 Å². The van der Waals surface area contributed by atoms with E-state index in [4.69, 9.17) is 5.11 Å². The number of rotatable bonds is 6. The number of carbonyl (C=O) groups excluding carboxylic acids is 1. The van der Waals surface area contributed by atoms with Gasteiger partial charge in [-0.1, -0.05) is 20.3 Å². The zero-order chi connectivity index (χ0) is 12.8. The van der Waals surface area contributed by atoms with Crippen LogP contribution in [0.15, 0.2) is 0 Å². The molecule has 5 nitrogen and oxygen atoms in total. The summed E-state index contributed by atoms with van der Waals surface area (Å²) in [5.74, 6) is -0.994. The highest BCUT2D eigenvalue weighted by Gasteiger charge is 2.22. The summed E-state index contributed by atoms with van der Waals surface area (Å²) in [6, 6.07) is -1.23. The number of hydrogen-bond donors (Lipinski definition) is 3. The standard InChI is InChI=1S/C11H22N2O3/c1-5-7-8(9(14)15)12-10(16)13-11(3,4)6-2/h8H,5-7H2,1-4H3,(H,14,15)(H2,12,13,16). The van der Waals surface area contributed by atoms with Crippen LogP contribution in [0.3, 0.4) is 0 Å². The quantitative estimate of drug-likeness (QED) is 0.650. The van der Waals surface area contributed by atoms with Crippen LogP contribution in [-0.4, -0.2) is 28.7 Å². The fraction of sp³-hybridized carbons (Fsp3) is 0.818. The third kappa shape index (κ3) is 5.58. The van der Waals surface area contributed by atoms with E-state index >= 15 is 0 Å². The molecule has 1 unspecified atom stereocenters. The van der Waals surface area contributed by atoms with Crippen LogP contribution in [0.2, 0.25) is 0 Å². The summed E-state index contributed by atoms with van der Waals surface area (Å²) in [5.41, 5.74) is -0.320. The Bertz CT molecular complexity index is 252. The number of carboxylic acids is 1. The first-order valence-electron chi connectivity index (χ1n) is 5.64. The maximum atomic E-state index is 11.5. The minimum absolute atomic E-state index is 0.320. The molecule has 0 bridgehead atoms. The Hall–Kier alpha value is -1.26. The molecule has 0 aliphatic carbocycles. The summed E-state index contributed by atoms with van der Waals surface area (Å²) >= 11 is 0. The molecule has 0 fully saturated rings. The zero-order valence-electron chi connectivity index (χ0n) is 10.5. The van der Waals surface area contributed by atoms with Gasteiger partial charge >= 0.3 is 12.0 Å². The average Bonchev–Trinajstić information content (AvgIpc) is 2.16. The second kappa shape index (κ2) is 6.35. The van der Waals surface area contributed by atoms with Gasteiger partial charge in [-0.15, -0.1) is 0 Å². The Balaban J connectivity index is 4.25. The molecule has 0 aliphatic rings. The van der Waals surface area contributed by atoms with Gasteiger partial charge in [-0.3, -0.25) is 0 Å². The Labute approximate surface area is 96.6 Å². The summed E-state index contributed by atoms with van der Waals surface area (Å²) in [6.07, 6.45) is 1.94. The molecule has 5 heteroatoms. The Morgan fingerprint density at radius 3 is 2.25 bits per heavy atom. The van der Waals surface area contributed by atoms with E-state index in [9.17, 15) is 9.59 Å². The lowest BCUT2D eigenvalue weighted by molar-refractivity contribution is -0.139. The van der Waals surface area contributed by atoms with Gasteiger partial charge in [-0.25, -0.2) is 9.59 Å². The SMILES string of the molecule is CCCC(NC(=O)NC(C)(C)CC)C(=O)O. The van der Waals surface area contributed by atoms with E-state index in [0.717, 1.165) is 6.42 Å². The molecule has 2 amide bonds. The van der Waals surface area contributed by atoms with E-state index in [1.807, 2.05) is 27.7 Å². The van der Waals surface area contributed by atoms with Crippen molar-refractivity contribution in [2.75, 3.05) is 0 Å². The van der Waals surface area contributed by atoms with Crippen molar-refractivity contribution in [3.8, 4) is 0 Å². The maximum Gasteiger partial charge on any atom is 0.326 e. The first-order chi connectivity index (χ1) is 7.32. The molecule has 0 rings (SSSR count). The number of amides is 2.